The van der Waals surface area contributed by atoms with Crippen LogP contribution in [0.15, 0.2) is 40.8 Å². The number of rotatable bonds is 6. The monoisotopic (exact) mass is 410 g/mol. The van der Waals surface area contributed by atoms with E-state index in [-0.39, 0.29) is 18.3 Å². The maximum absolute atomic E-state index is 13.0. The zero-order valence-corrected chi connectivity index (χ0v) is 16.5. The molecule has 0 atom stereocenters. The molecule has 1 aromatic carbocycles. The molecule has 1 saturated carbocycles. The van der Waals surface area contributed by atoms with Gasteiger partial charge in [0.15, 0.2) is 11.6 Å². The first kappa shape index (κ1) is 18.8. The summed E-state index contributed by atoms with van der Waals surface area (Å²) >= 11 is 0. The summed E-state index contributed by atoms with van der Waals surface area (Å²) in [5.41, 5.74) is 0. The van der Waals surface area contributed by atoms with Crippen molar-refractivity contribution in [3.8, 4) is 5.75 Å². The highest BCUT2D eigenvalue weighted by atomic mass is 19.1. The van der Waals surface area contributed by atoms with Crippen LogP contribution in [-0.2, 0) is 6.61 Å². The van der Waals surface area contributed by atoms with Gasteiger partial charge in [-0.3, -0.25) is 9.89 Å². The van der Waals surface area contributed by atoms with Gasteiger partial charge in [-0.25, -0.2) is 9.37 Å². The number of aromatic amines is 1. The summed E-state index contributed by atoms with van der Waals surface area (Å²) in [6.07, 6.45) is 4.08. The molecule has 2 fully saturated rings. The second kappa shape index (κ2) is 7.93. The minimum absolute atomic E-state index is 0.113. The molecule has 5 rings (SSSR count). The van der Waals surface area contributed by atoms with Crippen LogP contribution in [0, 0.1) is 5.82 Å². The van der Waals surface area contributed by atoms with Crippen LogP contribution in [0.3, 0.4) is 0 Å². The fraction of sp³-hybridized carbons (Fsp3) is 0.409. The van der Waals surface area contributed by atoms with E-state index >= 15 is 0 Å². The molecule has 0 radical (unpaired) electrons. The number of H-pyrrole nitrogens is 1. The Bertz CT molecular complexity index is 1020. The lowest BCUT2D eigenvalue weighted by atomic mass is 9.96. The number of ether oxygens (including phenoxy) is 1. The minimum Gasteiger partial charge on any atom is -0.486 e. The van der Waals surface area contributed by atoms with Crippen molar-refractivity contribution in [2.45, 2.75) is 44.1 Å². The highest BCUT2D eigenvalue weighted by Crippen LogP contribution is 2.38. The van der Waals surface area contributed by atoms with Crippen molar-refractivity contribution in [2.24, 2.45) is 0 Å². The Labute approximate surface area is 173 Å². The average molecular weight is 410 g/mol. The lowest BCUT2D eigenvalue weighted by molar-refractivity contribution is 0.0675. The highest BCUT2D eigenvalue weighted by molar-refractivity contribution is 5.91. The van der Waals surface area contributed by atoms with E-state index < -0.39 is 0 Å². The maximum Gasteiger partial charge on any atom is 0.289 e. The van der Waals surface area contributed by atoms with Crippen LogP contribution in [0.2, 0.25) is 0 Å². The number of carbonyl (C=O) groups is 1. The van der Waals surface area contributed by atoms with Crippen molar-refractivity contribution in [2.75, 3.05) is 13.1 Å². The van der Waals surface area contributed by atoms with Crippen LogP contribution in [0.25, 0.3) is 0 Å². The number of hydrogen-bond donors (Lipinski definition) is 1. The number of aromatic nitrogens is 3. The first-order valence-electron chi connectivity index (χ1n) is 10.3. The van der Waals surface area contributed by atoms with E-state index in [2.05, 4.69) is 15.2 Å². The third-order valence-corrected chi connectivity index (χ3v) is 5.70. The van der Waals surface area contributed by atoms with Gasteiger partial charge in [-0.2, -0.15) is 5.10 Å². The van der Waals surface area contributed by atoms with Crippen molar-refractivity contribution in [1.82, 2.24) is 20.1 Å². The molecule has 1 N–H and O–H groups in total. The van der Waals surface area contributed by atoms with Gasteiger partial charge in [-0.05, 0) is 62.1 Å². The van der Waals surface area contributed by atoms with Gasteiger partial charge in [0.2, 0.25) is 0 Å². The zero-order valence-electron chi connectivity index (χ0n) is 16.5. The van der Waals surface area contributed by atoms with Crippen molar-refractivity contribution in [1.29, 1.82) is 0 Å². The van der Waals surface area contributed by atoms with Gasteiger partial charge in [-0.1, -0.05) is 0 Å². The Morgan fingerprint density at radius 1 is 1.10 bits per heavy atom. The molecule has 3 heterocycles. The number of likely N-dealkylation sites (tertiary alicyclic amines) is 1. The second-order valence-electron chi connectivity index (χ2n) is 7.93. The molecule has 1 amide bonds. The third kappa shape index (κ3) is 4.08. The zero-order chi connectivity index (χ0) is 20.5. The van der Waals surface area contributed by atoms with E-state index in [9.17, 15) is 9.18 Å². The van der Waals surface area contributed by atoms with E-state index in [4.69, 9.17) is 9.15 Å². The fourth-order valence-corrected chi connectivity index (χ4v) is 3.76. The molecule has 30 heavy (non-hydrogen) atoms. The van der Waals surface area contributed by atoms with Gasteiger partial charge in [0.05, 0.1) is 0 Å². The number of nitrogens with zero attached hydrogens (tertiary/aromatic N) is 3. The van der Waals surface area contributed by atoms with Gasteiger partial charge >= 0.3 is 0 Å². The molecule has 2 aromatic heterocycles. The molecular formula is C22H23FN4O3. The lowest BCUT2D eigenvalue weighted by Crippen LogP contribution is -2.38. The number of hydrogen-bond acceptors (Lipinski definition) is 5. The molecule has 2 aliphatic rings. The molecule has 156 valence electrons. The molecule has 1 aliphatic carbocycles. The van der Waals surface area contributed by atoms with Crippen LogP contribution < -0.4 is 4.74 Å². The Morgan fingerprint density at radius 3 is 2.60 bits per heavy atom. The average Bonchev–Trinajstić information content (AvgIpc) is 3.32. The van der Waals surface area contributed by atoms with Crippen LogP contribution in [-0.4, -0.2) is 39.1 Å². The first-order chi connectivity index (χ1) is 14.7. The van der Waals surface area contributed by atoms with Crippen LogP contribution in [0.1, 0.15) is 65.5 Å². The van der Waals surface area contributed by atoms with Crippen molar-refractivity contribution >= 4 is 5.91 Å². The topological polar surface area (TPSA) is 84.2 Å². The Morgan fingerprint density at radius 2 is 1.87 bits per heavy atom. The number of nitrogens with one attached hydrogen (secondary N) is 1. The van der Waals surface area contributed by atoms with E-state index in [0.29, 0.717) is 42.2 Å². The lowest BCUT2D eigenvalue weighted by Gasteiger charge is -2.30. The number of amides is 1. The first-order valence-corrected chi connectivity index (χ1v) is 10.3. The Hall–Kier alpha value is -3.16. The fourth-order valence-electron chi connectivity index (χ4n) is 3.76. The van der Waals surface area contributed by atoms with E-state index in [0.717, 1.165) is 24.5 Å². The predicted molar refractivity (Wildman–Crippen MR) is 106 cm³/mol. The normalized spacial score (nSPS) is 17.3. The summed E-state index contributed by atoms with van der Waals surface area (Å²) in [5.74, 6) is 3.70. The molecule has 8 heteroatoms. The summed E-state index contributed by atoms with van der Waals surface area (Å²) in [4.78, 5) is 19.3. The smallest absolute Gasteiger partial charge is 0.289 e. The summed E-state index contributed by atoms with van der Waals surface area (Å²) < 4.78 is 24.2. The molecule has 0 spiro atoms. The molecule has 7 nitrogen and oxygen atoms in total. The minimum atomic E-state index is -0.316. The maximum atomic E-state index is 13.0. The molecule has 0 bridgehead atoms. The summed E-state index contributed by atoms with van der Waals surface area (Å²) in [5, 5.41) is 7.43. The van der Waals surface area contributed by atoms with Crippen molar-refractivity contribution in [3.05, 3.63) is 65.4 Å². The van der Waals surface area contributed by atoms with Crippen molar-refractivity contribution in [3.63, 3.8) is 0 Å². The quantitative estimate of drug-likeness (QED) is 0.664. The van der Waals surface area contributed by atoms with Crippen molar-refractivity contribution < 1.29 is 18.3 Å². The summed E-state index contributed by atoms with van der Waals surface area (Å²) in [6.45, 7) is 1.49. The number of furan rings is 1. The van der Waals surface area contributed by atoms with Gasteiger partial charge in [0.25, 0.3) is 5.91 Å². The molecule has 3 aromatic rings. The SMILES string of the molecule is O=C(c1ccc(COc2ccc(F)cc2)o1)N1CCC(c2nc(C3CC3)n[nH]2)CC1. The molecule has 1 saturated heterocycles. The third-order valence-electron chi connectivity index (χ3n) is 5.70. The predicted octanol–water partition coefficient (Wildman–Crippen LogP) is 4.01. The molecule has 1 aliphatic heterocycles. The second-order valence-corrected chi connectivity index (χ2v) is 7.93. The highest BCUT2D eigenvalue weighted by Gasteiger charge is 2.31. The number of halogens is 1. The standard InChI is InChI=1S/C22H23FN4O3/c23-16-3-5-17(6-4-16)29-13-18-7-8-19(30-18)22(28)27-11-9-15(10-12-27)21-24-20(25-26-21)14-1-2-14/h3-8,14-15H,1-2,9-13H2,(H,24,25,26). The van der Waals surface area contributed by atoms with Gasteiger partial charge in [0.1, 0.15) is 29.8 Å². The van der Waals surface area contributed by atoms with E-state index in [1.807, 2.05) is 4.90 Å². The summed E-state index contributed by atoms with van der Waals surface area (Å²) in [7, 11) is 0. The van der Waals surface area contributed by atoms with E-state index in [1.54, 1.807) is 24.3 Å². The number of carbonyl (C=O) groups excluding carboxylic acids is 1. The molecular weight excluding hydrogens is 387 g/mol. The van der Waals surface area contributed by atoms with E-state index in [1.165, 1.54) is 25.0 Å². The Kier molecular flexibility index (Phi) is 4.98. The summed E-state index contributed by atoms with van der Waals surface area (Å²) in [6, 6.07) is 9.18. The van der Waals surface area contributed by atoms with Gasteiger partial charge < -0.3 is 14.1 Å². The van der Waals surface area contributed by atoms with Gasteiger partial charge in [0, 0.05) is 24.9 Å². The van der Waals surface area contributed by atoms with Crippen LogP contribution >= 0.6 is 0 Å². The van der Waals surface area contributed by atoms with Crippen LogP contribution in [0.4, 0.5) is 4.39 Å². The number of benzene rings is 1. The largest absolute Gasteiger partial charge is 0.486 e. The number of piperidine rings is 1. The Balaban J connectivity index is 1.14. The molecule has 0 unspecified atom stereocenters. The van der Waals surface area contributed by atoms with Gasteiger partial charge in [-0.15, -0.1) is 0 Å². The van der Waals surface area contributed by atoms with Crippen LogP contribution in [0.5, 0.6) is 5.75 Å².